The number of benzene rings is 2. The average molecular weight is 423 g/mol. The lowest BCUT2D eigenvalue weighted by molar-refractivity contribution is 0.593. The minimum Gasteiger partial charge on any atom is -0.354 e. The van der Waals surface area contributed by atoms with E-state index in [1.54, 1.807) is 6.92 Å². The Balaban J connectivity index is 0.00000280. The first-order valence-electron chi connectivity index (χ1n) is 9.25. The highest BCUT2D eigenvalue weighted by Gasteiger charge is 2.18. The lowest BCUT2D eigenvalue weighted by Gasteiger charge is -2.22. The normalized spacial score (nSPS) is 13.3. The molecule has 0 bridgehead atoms. The lowest BCUT2D eigenvalue weighted by atomic mass is 10.0. The second kappa shape index (κ2) is 9.80. The molecule has 0 saturated carbocycles. The van der Waals surface area contributed by atoms with Gasteiger partial charge in [-0.2, -0.15) is 0 Å². The molecule has 0 amide bonds. The van der Waals surface area contributed by atoms with E-state index in [0.717, 1.165) is 36.7 Å². The minimum absolute atomic E-state index is 0. The molecule has 8 heteroatoms. The third kappa shape index (κ3) is 5.39. The summed E-state index contributed by atoms with van der Waals surface area (Å²) in [6, 6.07) is 16.0. The summed E-state index contributed by atoms with van der Waals surface area (Å²) in [6.45, 7) is 5.64. The molecule has 0 spiro atoms. The maximum Gasteiger partial charge on any atom is 0.234 e. The number of guanidine groups is 1. The molecule has 0 radical (unpaired) electrons. The summed E-state index contributed by atoms with van der Waals surface area (Å²) < 4.78 is 25.8. The molecule has 1 heterocycles. The average Bonchev–Trinajstić information content (AvgIpc) is 3.18. The van der Waals surface area contributed by atoms with Gasteiger partial charge in [-0.3, -0.25) is 9.30 Å². The highest BCUT2D eigenvalue weighted by Crippen LogP contribution is 2.21. The largest absolute Gasteiger partial charge is 0.354 e. The molecule has 0 aromatic heterocycles. The molecule has 2 N–H and O–H groups in total. The molecule has 2 aromatic rings. The fourth-order valence-corrected chi connectivity index (χ4v) is 4.18. The zero-order chi connectivity index (χ0) is 19.3. The fourth-order valence-electron chi connectivity index (χ4n) is 3.04. The van der Waals surface area contributed by atoms with Crippen molar-refractivity contribution in [2.45, 2.75) is 20.3 Å². The van der Waals surface area contributed by atoms with Gasteiger partial charge in [0.05, 0.1) is 18.0 Å². The van der Waals surface area contributed by atoms with Gasteiger partial charge in [-0.15, -0.1) is 12.4 Å². The summed E-state index contributed by atoms with van der Waals surface area (Å²) in [4.78, 5) is 4.32. The van der Waals surface area contributed by atoms with Crippen molar-refractivity contribution >= 4 is 39.8 Å². The van der Waals surface area contributed by atoms with Crippen molar-refractivity contribution in [1.82, 2.24) is 5.32 Å². The van der Waals surface area contributed by atoms with Crippen LogP contribution >= 0.6 is 12.4 Å². The Morgan fingerprint density at radius 3 is 2.14 bits per heavy atom. The molecule has 0 saturated heterocycles. The topological polar surface area (TPSA) is 73.8 Å². The lowest BCUT2D eigenvalue weighted by Crippen LogP contribution is -2.31. The minimum atomic E-state index is -3.24. The van der Waals surface area contributed by atoms with Gasteiger partial charge in [0.1, 0.15) is 0 Å². The summed E-state index contributed by atoms with van der Waals surface area (Å²) >= 11 is 0. The fraction of sp³-hybridized carbons (Fsp3) is 0.350. The first-order valence-corrected chi connectivity index (χ1v) is 10.9. The van der Waals surface area contributed by atoms with E-state index in [1.807, 2.05) is 43.3 Å². The molecule has 0 unspecified atom stereocenters. The van der Waals surface area contributed by atoms with Crippen LogP contribution in [0.25, 0.3) is 0 Å². The second-order valence-corrected chi connectivity index (χ2v) is 8.57. The van der Waals surface area contributed by atoms with Crippen molar-refractivity contribution in [3.63, 3.8) is 0 Å². The Morgan fingerprint density at radius 1 is 1.04 bits per heavy atom. The van der Waals surface area contributed by atoms with Crippen LogP contribution in [0.1, 0.15) is 25.0 Å². The number of aliphatic imine (C=N–C) groups is 1. The highest BCUT2D eigenvalue weighted by atomic mass is 35.5. The van der Waals surface area contributed by atoms with Crippen LogP contribution in [0.2, 0.25) is 0 Å². The number of anilines is 2. The van der Waals surface area contributed by atoms with E-state index >= 15 is 0 Å². The summed E-state index contributed by atoms with van der Waals surface area (Å²) in [5.41, 5.74) is 4.06. The molecule has 0 fully saturated rings. The molecule has 3 rings (SSSR count). The van der Waals surface area contributed by atoms with Gasteiger partial charge in [-0.05, 0) is 55.7 Å². The van der Waals surface area contributed by atoms with Crippen LogP contribution < -0.4 is 14.9 Å². The first kappa shape index (κ1) is 22.0. The van der Waals surface area contributed by atoms with Gasteiger partial charge >= 0.3 is 0 Å². The van der Waals surface area contributed by atoms with Gasteiger partial charge in [0.15, 0.2) is 5.96 Å². The van der Waals surface area contributed by atoms with Gasteiger partial charge in [-0.1, -0.05) is 24.3 Å². The van der Waals surface area contributed by atoms with Crippen LogP contribution in [0.15, 0.2) is 53.5 Å². The zero-order valence-electron chi connectivity index (χ0n) is 16.2. The molecule has 1 aliphatic heterocycles. The second-order valence-electron chi connectivity index (χ2n) is 6.39. The van der Waals surface area contributed by atoms with Crippen molar-refractivity contribution in [3.8, 4) is 0 Å². The maximum atomic E-state index is 12.2. The molecule has 0 atom stereocenters. The van der Waals surface area contributed by atoms with Crippen LogP contribution in [-0.2, 0) is 16.4 Å². The quantitative estimate of drug-likeness (QED) is 0.718. The van der Waals surface area contributed by atoms with E-state index in [1.165, 1.54) is 9.87 Å². The van der Waals surface area contributed by atoms with Crippen molar-refractivity contribution in [1.29, 1.82) is 0 Å². The van der Waals surface area contributed by atoms with E-state index in [4.69, 9.17) is 0 Å². The Morgan fingerprint density at radius 2 is 1.64 bits per heavy atom. The Labute approximate surface area is 173 Å². The predicted molar refractivity (Wildman–Crippen MR) is 119 cm³/mol. The van der Waals surface area contributed by atoms with Gasteiger partial charge in [0.2, 0.25) is 10.0 Å². The van der Waals surface area contributed by atoms with Crippen LogP contribution in [0, 0.1) is 0 Å². The number of nitrogens with zero attached hydrogens (tertiary/aromatic N) is 2. The third-order valence-corrected chi connectivity index (χ3v) is 6.38. The van der Waals surface area contributed by atoms with E-state index in [2.05, 4.69) is 27.8 Å². The molecule has 1 aliphatic rings. The van der Waals surface area contributed by atoms with E-state index in [-0.39, 0.29) is 18.2 Å². The summed E-state index contributed by atoms with van der Waals surface area (Å²) in [5.74, 6) is 0.922. The van der Waals surface area contributed by atoms with E-state index in [0.29, 0.717) is 12.2 Å². The Bertz CT molecular complexity index is 897. The summed E-state index contributed by atoms with van der Waals surface area (Å²) in [5, 5.41) is 6.44. The summed E-state index contributed by atoms with van der Waals surface area (Å²) in [6.07, 6.45) is 0.798. The standard InChI is InChI=1S/C20H26N4O2S.ClH/c1-3-24(27(25,26)4-2)19-11-7-17(8-12-19)15-16-5-9-18(10-6-16)23-20-21-13-14-22-20;/h5-12H,3-4,13-15H2,1-2H3,(H2,21,22,23);1H. The van der Waals surface area contributed by atoms with Crippen molar-refractivity contribution in [2.24, 2.45) is 4.99 Å². The zero-order valence-corrected chi connectivity index (χ0v) is 17.8. The number of nitrogens with one attached hydrogen (secondary N) is 2. The Hall–Kier alpha value is -2.25. The predicted octanol–water partition coefficient (Wildman–Crippen LogP) is 3.25. The molecule has 28 heavy (non-hydrogen) atoms. The first-order chi connectivity index (χ1) is 13.0. The van der Waals surface area contributed by atoms with E-state index < -0.39 is 10.0 Å². The van der Waals surface area contributed by atoms with Crippen LogP contribution in [-0.4, -0.2) is 39.8 Å². The Kier molecular flexibility index (Phi) is 7.71. The van der Waals surface area contributed by atoms with Crippen molar-refractivity contribution in [2.75, 3.05) is 35.0 Å². The van der Waals surface area contributed by atoms with Gasteiger partial charge in [0, 0.05) is 18.8 Å². The smallest absolute Gasteiger partial charge is 0.234 e. The third-order valence-electron chi connectivity index (χ3n) is 4.51. The molecule has 6 nitrogen and oxygen atoms in total. The number of sulfonamides is 1. The molecule has 152 valence electrons. The van der Waals surface area contributed by atoms with Crippen molar-refractivity contribution in [3.05, 3.63) is 59.7 Å². The van der Waals surface area contributed by atoms with Crippen LogP contribution in [0.4, 0.5) is 11.4 Å². The maximum absolute atomic E-state index is 12.2. The monoisotopic (exact) mass is 422 g/mol. The molecular weight excluding hydrogens is 396 g/mol. The van der Waals surface area contributed by atoms with Gasteiger partial charge in [-0.25, -0.2) is 8.42 Å². The number of hydrogen-bond acceptors (Lipinski definition) is 5. The van der Waals surface area contributed by atoms with Crippen LogP contribution in [0.3, 0.4) is 0 Å². The van der Waals surface area contributed by atoms with Gasteiger partial charge < -0.3 is 10.6 Å². The highest BCUT2D eigenvalue weighted by molar-refractivity contribution is 7.92. The molecule has 2 aromatic carbocycles. The SMILES string of the molecule is CCN(c1ccc(Cc2ccc(NC3=NCCN3)cc2)cc1)S(=O)(=O)CC.Cl. The number of halogens is 1. The van der Waals surface area contributed by atoms with E-state index in [9.17, 15) is 8.42 Å². The van der Waals surface area contributed by atoms with Crippen LogP contribution in [0.5, 0.6) is 0 Å². The molecular formula is C20H27ClN4O2S. The number of rotatable bonds is 7. The summed E-state index contributed by atoms with van der Waals surface area (Å²) in [7, 11) is -3.24. The van der Waals surface area contributed by atoms with Gasteiger partial charge in [0.25, 0.3) is 0 Å². The number of hydrogen-bond donors (Lipinski definition) is 2. The molecule has 0 aliphatic carbocycles. The van der Waals surface area contributed by atoms with Crippen molar-refractivity contribution < 1.29 is 8.42 Å².